The third-order valence-corrected chi connectivity index (χ3v) is 2.06. The minimum atomic E-state index is -0.551. The van der Waals surface area contributed by atoms with Gasteiger partial charge in [0, 0.05) is 5.57 Å². The summed E-state index contributed by atoms with van der Waals surface area (Å²) in [5.74, 6) is -0.766. The summed E-state index contributed by atoms with van der Waals surface area (Å²) in [4.78, 5) is 22.1. The first-order valence-corrected chi connectivity index (χ1v) is 4.12. The van der Waals surface area contributed by atoms with Gasteiger partial charge in [-0.25, -0.2) is 4.79 Å². The summed E-state index contributed by atoms with van der Waals surface area (Å²) < 4.78 is 14.2. The number of ether oxygens (including phenoxy) is 3. The van der Waals surface area contributed by atoms with Crippen LogP contribution in [0.2, 0.25) is 0 Å². The first kappa shape index (κ1) is 10.6. The summed E-state index contributed by atoms with van der Waals surface area (Å²) in [6, 6.07) is 0. The van der Waals surface area contributed by atoms with Crippen molar-refractivity contribution in [3.8, 4) is 0 Å². The standard InChI is InChI=1S/C9H12O5/c1-5-6(4-7(10)12-2)14-9(11)8(5)13-3/h6H,4H2,1-3H3. The third-order valence-electron chi connectivity index (χ3n) is 2.06. The van der Waals surface area contributed by atoms with Crippen molar-refractivity contribution in [2.24, 2.45) is 0 Å². The molecular formula is C9H12O5. The second kappa shape index (κ2) is 4.13. The Kier molecular flexibility index (Phi) is 3.11. The lowest BCUT2D eigenvalue weighted by molar-refractivity contribution is -0.148. The van der Waals surface area contributed by atoms with E-state index < -0.39 is 18.0 Å². The molecule has 5 heteroatoms. The predicted octanol–water partition coefficient (Wildman–Crippen LogP) is 0.395. The lowest BCUT2D eigenvalue weighted by Crippen LogP contribution is -2.17. The molecule has 78 valence electrons. The normalized spacial score (nSPS) is 20.8. The van der Waals surface area contributed by atoms with E-state index in [4.69, 9.17) is 9.47 Å². The highest BCUT2D eigenvalue weighted by molar-refractivity contribution is 5.90. The zero-order valence-corrected chi connectivity index (χ0v) is 8.33. The molecule has 0 aromatic rings. The first-order valence-electron chi connectivity index (χ1n) is 4.12. The predicted molar refractivity (Wildman–Crippen MR) is 46.2 cm³/mol. The van der Waals surface area contributed by atoms with Crippen LogP contribution in [0.3, 0.4) is 0 Å². The van der Waals surface area contributed by atoms with Gasteiger partial charge in [0.25, 0.3) is 0 Å². The Bertz CT molecular complexity index is 292. The molecule has 0 amide bonds. The first-order chi connectivity index (χ1) is 6.60. The third kappa shape index (κ3) is 1.86. The van der Waals surface area contributed by atoms with E-state index in [2.05, 4.69) is 4.74 Å². The lowest BCUT2D eigenvalue weighted by atomic mass is 10.1. The van der Waals surface area contributed by atoms with Crippen molar-refractivity contribution >= 4 is 11.9 Å². The number of hydrogen-bond acceptors (Lipinski definition) is 5. The maximum atomic E-state index is 11.1. The number of carbonyl (C=O) groups is 2. The molecule has 0 saturated carbocycles. The van der Waals surface area contributed by atoms with E-state index in [0.29, 0.717) is 5.57 Å². The highest BCUT2D eigenvalue weighted by Crippen LogP contribution is 2.25. The van der Waals surface area contributed by atoms with Crippen molar-refractivity contribution in [2.75, 3.05) is 14.2 Å². The van der Waals surface area contributed by atoms with Crippen LogP contribution in [0, 0.1) is 0 Å². The molecule has 1 unspecified atom stereocenters. The molecule has 0 aromatic carbocycles. The molecule has 0 aromatic heterocycles. The van der Waals surface area contributed by atoms with Gasteiger partial charge >= 0.3 is 11.9 Å². The molecule has 5 nitrogen and oxygen atoms in total. The van der Waals surface area contributed by atoms with Gasteiger partial charge in [-0.2, -0.15) is 0 Å². The minimum Gasteiger partial charge on any atom is -0.490 e. The van der Waals surface area contributed by atoms with E-state index in [-0.39, 0.29) is 12.2 Å². The fourth-order valence-electron chi connectivity index (χ4n) is 1.25. The Morgan fingerprint density at radius 3 is 2.57 bits per heavy atom. The van der Waals surface area contributed by atoms with E-state index in [1.165, 1.54) is 14.2 Å². The molecule has 0 saturated heterocycles. The average molecular weight is 200 g/mol. The van der Waals surface area contributed by atoms with Crippen LogP contribution in [0.1, 0.15) is 13.3 Å². The maximum Gasteiger partial charge on any atom is 0.374 e. The summed E-state index contributed by atoms with van der Waals surface area (Å²) in [5.41, 5.74) is 0.628. The SMILES string of the molecule is COC(=O)CC1OC(=O)C(OC)=C1C. The maximum absolute atomic E-state index is 11.1. The van der Waals surface area contributed by atoms with Gasteiger partial charge in [0.2, 0.25) is 5.76 Å². The number of hydrogen-bond donors (Lipinski definition) is 0. The summed E-state index contributed by atoms with van der Waals surface area (Å²) in [7, 11) is 2.68. The van der Waals surface area contributed by atoms with Crippen LogP contribution in [0.5, 0.6) is 0 Å². The number of cyclic esters (lactones) is 1. The van der Waals surface area contributed by atoms with Crippen molar-refractivity contribution < 1.29 is 23.8 Å². The lowest BCUT2D eigenvalue weighted by Gasteiger charge is -2.08. The molecule has 0 radical (unpaired) electrons. The fraction of sp³-hybridized carbons (Fsp3) is 0.556. The molecule has 1 rings (SSSR count). The summed E-state index contributed by atoms with van der Waals surface area (Å²) in [6.07, 6.45) is -0.522. The largest absolute Gasteiger partial charge is 0.490 e. The Morgan fingerprint density at radius 1 is 1.50 bits per heavy atom. The number of carbonyl (C=O) groups excluding carboxylic acids is 2. The second-order valence-electron chi connectivity index (χ2n) is 2.89. The zero-order valence-electron chi connectivity index (χ0n) is 8.33. The molecule has 1 aliphatic rings. The molecule has 1 atom stereocenters. The van der Waals surface area contributed by atoms with E-state index in [0.717, 1.165) is 0 Å². The second-order valence-corrected chi connectivity index (χ2v) is 2.89. The molecule has 1 heterocycles. The Balaban J connectivity index is 2.72. The number of methoxy groups -OCH3 is 2. The van der Waals surface area contributed by atoms with E-state index in [9.17, 15) is 9.59 Å². The molecular weight excluding hydrogens is 188 g/mol. The van der Waals surface area contributed by atoms with Crippen molar-refractivity contribution in [3.05, 3.63) is 11.3 Å². The highest BCUT2D eigenvalue weighted by atomic mass is 16.6. The smallest absolute Gasteiger partial charge is 0.374 e. The van der Waals surface area contributed by atoms with Crippen LogP contribution in [-0.2, 0) is 23.8 Å². The van der Waals surface area contributed by atoms with E-state index in [1.54, 1.807) is 6.92 Å². The van der Waals surface area contributed by atoms with Crippen LogP contribution in [0.4, 0.5) is 0 Å². The summed E-state index contributed by atoms with van der Waals surface area (Å²) >= 11 is 0. The van der Waals surface area contributed by atoms with Gasteiger partial charge in [0.05, 0.1) is 20.6 Å². The Morgan fingerprint density at radius 2 is 2.14 bits per heavy atom. The summed E-state index contributed by atoms with van der Waals surface area (Å²) in [6.45, 7) is 1.69. The van der Waals surface area contributed by atoms with E-state index >= 15 is 0 Å². The van der Waals surface area contributed by atoms with Crippen molar-refractivity contribution in [2.45, 2.75) is 19.4 Å². The Hall–Kier alpha value is -1.52. The van der Waals surface area contributed by atoms with Crippen molar-refractivity contribution in [3.63, 3.8) is 0 Å². The minimum absolute atomic E-state index is 0.0287. The quantitative estimate of drug-likeness (QED) is 0.617. The Labute approximate surface area is 81.6 Å². The highest BCUT2D eigenvalue weighted by Gasteiger charge is 2.33. The molecule has 0 spiro atoms. The molecule has 14 heavy (non-hydrogen) atoms. The van der Waals surface area contributed by atoms with E-state index in [1.807, 2.05) is 0 Å². The monoisotopic (exact) mass is 200 g/mol. The average Bonchev–Trinajstić information content (AvgIpc) is 2.42. The number of rotatable bonds is 3. The number of esters is 2. The zero-order chi connectivity index (χ0) is 10.7. The fourth-order valence-corrected chi connectivity index (χ4v) is 1.25. The molecule has 0 bridgehead atoms. The molecule has 1 aliphatic heterocycles. The van der Waals surface area contributed by atoms with Gasteiger partial charge in [-0.1, -0.05) is 0 Å². The van der Waals surface area contributed by atoms with Gasteiger partial charge in [-0.3, -0.25) is 4.79 Å². The van der Waals surface area contributed by atoms with Crippen molar-refractivity contribution in [1.29, 1.82) is 0 Å². The topological polar surface area (TPSA) is 61.8 Å². The van der Waals surface area contributed by atoms with Crippen LogP contribution >= 0.6 is 0 Å². The van der Waals surface area contributed by atoms with Gasteiger partial charge < -0.3 is 14.2 Å². The molecule has 0 aliphatic carbocycles. The van der Waals surface area contributed by atoms with Gasteiger partial charge in [-0.15, -0.1) is 0 Å². The van der Waals surface area contributed by atoms with Gasteiger partial charge in [-0.05, 0) is 6.92 Å². The van der Waals surface area contributed by atoms with Gasteiger partial charge in [0.1, 0.15) is 6.10 Å². The van der Waals surface area contributed by atoms with Crippen molar-refractivity contribution in [1.82, 2.24) is 0 Å². The summed E-state index contributed by atoms with van der Waals surface area (Å²) in [5, 5.41) is 0. The van der Waals surface area contributed by atoms with Crippen LogP contribution in [-0.4, -0.2) is 32.3 Å². The van der Waals surface area contributed by atoms with Crippen LogP contribution < -0.4 is 0 Å². The molecule has 0 N–H and O–H groups in total. The van der Waals surface area contributed by atoms with Crippen LogP contribution in [0.15, 0.2) is 11.3 Å². The van der Waals surface area contributed by atoms with Gasteiger partial charge in [0.15, 0.2) is 0 Å². The molecule has 0 fully saturated rings. The van der Waals surface area contributed by atoms with Crippen LogP contribution in [0.25, 0.3) is 0 Å².